The first-order valence-electron chi connectivity index (χ1n) is 4.65. The first-order valence-corrected chi connectivity index (χ1v) is 5.28. The minimum Gasteiger partial charge on any atom is -0.390 e. The zero-order chi connectivity index (χ0) is 11.4. The topological polar surface area (TPSA) is 53.4 Å². The number of hydrogen-bond acceptors (Lipinski definition) is 4. The van der Waals surface area contributed by atoms with Gasteiger partial charge < -0.3 is 10.2 Å². The predicted molar refractivity (Wildman–Crippen MR) is 58.4 cm³/mol. The molecule has 0 aliphatic rings. The Balaban J connectivity index is 2.89. The van der Waals surface area contributed by atoms with E-state index in [1.54, 1.807) is 6.92 Å². The van der Waals surface area contributed by atoms with E-state index in [9.17, 15) is 14.6 Å². The zero-order valence-corrected chi connectivity index (χ0v) is 9.28. The number of pyridine rings is 1. The quantitative estimate of drug-likeness (QED) is 0.540. The van der Waals surface area contributed by atoms with Crippen LogP contribution in [0.2, 0.25) is 0 Å². The fourth-order valence-corrected chi connectivity index (χ4v) is 1.54. The van der Waals surface area contributed by atoms with Gasteiger partial charge in [-0.2, -0.15) is 17.0 Å². The summed E-state index contributed by atoms with van der Waals surface area (Å²) >= 11 is 3.93. The average molecular weight is 231 g/mol. The highest BCUT2D eigenvalue weighted by Crippen LogP contribution is 2.21. The molecule has 2 unspecified atom stereocenters. The van der Waals surface area contributed by atoms with Gasteiger partial charge in [0.05, 0.1) is 6.10 Å². The maximum atomic E-state index is 13.2. The molecule has 2 N–H and O–H groups in total. The Bertz CT molecular complexity index is 335. The van der Waals surface area contributed by atoms with Crippen LogP contribution >= 0.6 is 12.6 Å². The van der Waals surface area contributed by atoms with Crippen molar-refractivity contribution in [1.29, 1.82) is 0 Å². The van der Waals surface area contributed by atoms with Crippen LogP contribution in [0, 0.1) is 12.9 Å². The lowest BCUT2D eigenvalue weighted by atomic mass is 10.0. The number of aliphatic hydroxyl groups excluding tert-OH is 2. The lowest BCUT2D eigenvalue weighted by Crippen LogP contribution is -2.20. The highest BCUT2D eigenvalue weighted by Gasteiger charge is 2.21. The van der Waals surface area contributed by atoms with Crippen LogP contribution in [-0.2, 0) is 0 Å². The van der Waals surface area contributed by atoms with Gasteiger partial charge in [0.25, 0.3) is 0 Å². The van der Waals surface area contributed by atoms with Crippen LogP contribution in [0.15, 0.2) is 12.3 Å². The van der Waals surface area contributed by atoms with Crippen molar-refractivity contribution in [2.75, 3.05) is 5.75 Å². The molecule has 0 amide bonds. The van der Waals surface area contributed by atoms with Crippen molar-refractivity contribution < 1.29 is 14.6 Å². The minimum absolute atomic E-state index is 0.0317. The molecule has 1 aromatic rings. The van der Waals surface area contributed by atoms with Gasteiger partial charge in [-0.1, -0.05) is 0 Å². The minimum atomic E-state index is -1.25. The summed E-state index contributed by atoms with van der Waals surface area (Å²) in [6.45, 7) is 1.74. The SMILES string of the molecule is Cc1cnc(F)c(C(O)C(O)CCS)c1. The highest BCUT2D eigenvalue weighted by molar-refractivity contribution is 7.80. The van der Waals surface area contributed by atoms with Crippen molar-refractivity contribution in [2.45, 2.75) is 25.6 Å². The zero-order valence-electron chi connectivity index (χ0n) is 8.39. The maximum absolute atomic E-state index is 13.2. The van der Waals surface area contributed by atoms with Gasteiger partial charge in [-0.3, -0.25) is 0 Å². The number of rotatable bonds is 4. The Kier molecular flexibility index (Phi) is 4.50. The van der Waals surface area contributed by atoms with Crippen molar-refractivity contribution in [3.05, 3.63) is 29.3 Å². The Hall–Kier alpha value is -0.650. The second-order valence-corrected chi connectivity index (χ2v) is 3.86. The van der Waals surface area contributed by atoms with Crippen LogP contribution in [0.25, 0.3) is 0 Å². The summed E-state index contributed by atoms with van der Waals surface area (Å²) in [5, 5.41) is 19.2. The maximum Gasteiger partial charge on any atom is 0.218 e. The molecule has 0 aromatic carbocycles. The van der Waals surface area contributed by atoms with Crippen molar-refractivity contribution in [2.24, 2.45) is 0 Å². The van der Waals surface area contributed by atoms with Crippen LogP contribution in [0.4, 0.5) is 4.39 Å². The third-order valence-electron chi connectivity index (χ3n) is 2.11. The van der Waals surface area contributed by atoms with Gasteiger partial charge in [0, 0.05) is 11.8 Å². The van der Waals surface area contributed by atoms with Crippen LogP contribution < -0.4 is 0 Å². The van der Waals surface area contributed by atoms with Crippen molar-refractivity contribution >= 4 is 12.6 Å². The molecule has 2 atom stereocenters. The third-order valence-corrected chi connectivity index (χ3v) is 2.37. The number of nitrogens with zero attached hydrogens (tertiary/aromatic N) is 1. The first kappa shape index (κ1) is 12.4. The summed E-state index contributed by atoms with van der Waals surface area (Å²) in [4.78, 5) is 3.49. The Morgan fingerprint density at radius 3 is 2.80 bits per heavy atom. The van der Waals surface area contributed by atoms with E-state index in [0.29, 0.717) is 12.2 Å². The lowest BCUT2D eigenvalue weighted by molar-refractivity contribution is 0.0147. The van der Waals surface area contributed by atoms with Crippen molar-refractivity contribution in [1.82, 2.24) is 4.98 Å². The molecule has 0 bridgehead atoms. The molecule has 1 aromatic heterocycles. The Morgan fingerprint density at radius 2 is 2.20 bits per heavy atom. The molecule has 1 heterocycles. The third kappa shape index (κ3) is 3.15. The monoisotopic (exact) mass is 231 g/mol. The summed E-state index contributed by atoms with van der Waals surface area (Å²) < 4.78 is 13.2. The van der Waals surface area contributed by atoms with Crippen molar-refractivity contribution in [3.8, 4) is 0 Å². The standard InChI is InChI=1S/C10H14FNO2S/c1-6-4-7(10(11)12-5-6)9(14)8(13)2-3-15/h4-5,8-9,13-15H,2-3H2,1H3. The molecule has 1 rings (SSSR count). The fourth-order valence-electron chi connectivity index (χ4n) is 1.28. The smallest absolute Gasteiger partial charge is 0.218 e. The predicted octanol–water partition coefficient (Wildman–Crippen LogP) is 1.24. The summed E-state index contributed by atoms with van der Waals surface area (Å²) in [6.07, 6.45) is -0.584. The molecule has 0 fully saturated rings. The van der Waals surface area contributed by atoms with E-state index in [-0.39, 0.29) is 5.56 Å². The van der Waals surface area contributed by atoms with E-state index in [0.717, 1.165) is 5.56 Å². The molecular formula is C10H14FNO2S. The molecule has 0 spiro atoms. The largest absolute Gasteiger partial charge is 0.390 e. The van der Waals surface area contributed by atoms with Gasteiger partial charge in [0.2, 0.25) is 5.95 Å². The molecular weight excluding hydrogens is 217 g/mol. The second kappa shape index (κ2) is 5.44. The number of thiol groups is 1. The van der Waals surface area contributed by atoms with E-state index in [1.165, 1.54) is 12.3 Å². The van der Waals surface area contributed by atoms with Gasteiger partial charge in [-0.15, -0.1) is 0 Å². The van der Waals surface area contributed by atoms with Crippen LogP contribution in [-0.4, -0.2) is 27.1 Å². The Morgan fingerprint density at radius 1 is 1.53 bits per heavy atom. The van der Waals surface area contributed by atoms with E-state index in [1.807, 2.05) is 0 Å². The van der Waals surface area contributed by atoms with Gasteiger partial charge in [-0.25, -0.2) is 4.98 Å². The van der Waals surface area contributed by atoms with Gasteiger partial charge in [0.15, 0.2) is 0 Å². The van der Waals surface area contributed by atoms with Crippen LogP contribution in [0.5, 0.6) is 0 Å². The van der Waals surface area contributed by atoms with Gasteiger partial charge >= 0.3 is 0 Å². The molecule has 0 aliphatic carbocycles. The van der Waals surface area contributed by atoms with Crippen molar-refractivity contribution in [3.63, 3.8) is 0 Å². The van der Waals surface area contributed by atoms with E-state index < -0.39 is 18.2 Å². The summed E-state index contributed by atoms with van der Waals surface area (Å²) in [6, 6.07) is 1.48. The fraction of sp³-hybridized carbons (Fsp3) is 0.500. The molecule has 0 radical (unpaired) electrons. The number of aryl methyl sites for hydroxylation is 1. The van der Waals surface area contributed by atoms with Gasteiger partial charge in [0.1, 0.15) is 6.10 Å². The number of halogens is 1. The summed E-state index contributed by atoms with van der Waals surface area (Å²) in [5.41, 5.74) is 0.771. The second-order valence-electron chi connectivity index (χ2n) is 3.42. The molecule has 0 saturated carbocycles. The Labute approximate surface area is 93.4 Å². The van der Waals surface area contributed by atoms with E-state index >= 15 is 0 Å². The molecule has 15 heavy (non-hydrogen) atoms. The molecule has 0 aliphatic heterocycles. The molecule has 84 valence electrons. The number of aliphatic hydroxyl groups is 2. The molecule has 3 nitrogen and oxygen atoms in total. The van der Waals surface area contributed by atoms with Gasteiger partial charge in [-0.05, 0) is 30.7 Å². The van der Waals surface area contributed by atoms with Crippen LogP contribution in [0.3, 0.4) is 0 Å². The van der Waals surface area contributed by atoms with E-state index in [4.69, 9.17) is 0 Å². The summed E-state index contributed by atoms with van der Waals surface area (Å²) in [7, 11) is 0. The lowest BCUT2D eigenvalue weighted by Gasteiger charge is -2.17. The molecule has 0 saturated heterocycles. The van der Waals surface area contributed by atoms with Crippen LogP contribution in [0.1, 0.15) is 23.7 Å². The average Bonchev–Trinajstić information content (AvgIpc) is 2.21. The number of aromatic nitrogens is 1. The molecule has 5 heteroatoms. The normalized spacial score (nSPS) is 15.0. The first-order chi connectivity index (χ1) is 7.06. The number of hydrogen-bond donors (Lipinski definition) is 3. The highest BCUT2D eigenvalue weighted by atomic mass is 32.1. The summed E-state index contributed by atoms with van der Waals surface area (Å²) in [5.74, 6) is -0.315. The van der Waals surface area contributed by atoms with E-state index in [2.05, 4.69) is 17.6 Å².